The quantitative estimate of drug-likeness (QED) is 0.633. The number of carbonyl (C=O) groups is 2. The molecule has 0 aliphatic carbocycles. The molecule has 1 heterocycles. The maximum Gasteiger partial charge on any atom is 0.337 e. The van der Waals surface area contributed by atoms with Gasteiger partial charge in [0, 0.05) is 32.1 Å². The van der Waals surface area contributed by atoms with Gasteiger partial charge in [0.05, 0.1) is 22.7 Å². The molecule has 0 radical (unpaired) electrons. The fourth-order valence-electron chi connectivity index (χ4n) is 3.61. The Hall–Kier alpha value is -2.08. The normalized spacial score (nSPS) is 15.0. The van der Waals surface area contributed by atoms with Gasteiger partial charge in [-0.05, 0) is 54.7 Å². The summed E-state index contributed by atoms with van der Waals surface area (Å²) in [6, 6.07) is 13.1. The zero-order valence-corrected chi connectivity index (χ0v) is 18.5. The van der Waals surface area contributed by atoms with Crippen LogP contribution >= 0.6 is 23.2 Å². The third kappa shape index (κ3) is 6.46. The van der Waals surface area contributed by atoms with Crippen LogP contribution in [-0.4, -0.2) is 43.0 Å². The summed E-state index contributed by atoms with van der Waals surface area (Å²) in [5.41, 5.74) is 2.68. The molecule has 2 aromatic rings. The van der Waals surface area contributed by atoms with Crippen LogP contribution in [0.25, 0.3) is 0 Å². The van der Waals surface area contributed by atoms with Crippen molar-refractivity contribution in [2.45, 2.75) is 38.3 Å². The van der Waals surface area contributed by atoms with Crippen LogP contribution in [0.5, 0.6) is 0 Å². The minimum absolute atomic E-state index is 0.0648. The average Bonchev–Trinajstić information content (AvgIpc) is 2.76. The van der Waals surface area contributed by atoms with Crippen molar-refractivity contribution in [3.63, 3.8) is 0 Å². The standard InChI is InChI=1S/C23H26Cl2N2O3/c1-30-23(29)18-6-2-16(3-7-18)5-9-22(28)26-19-10-12-27(13-11-19)15-17-4-8-20(24)21(25)14-17/h2-4,6-8,14,19H,5,9-13,15H2,1H3,(H,26,28). The van der Waals surface area contributed by atoms with E-state index < -0.39 is 0 Å². The van der Waals surface area contributed by atoms with Gasteiger partial charge in [-0.2, -0.15) is 0 Å². The van der Waals surface area contributed by atoms with Crippen molar-refractivity contribution in [2.24, 2.45) is 0 Å². The first-order valence-electron chi connectivity index (χ1n) is 10.1. The number of likely N-dealkylation sites (tertiary alicyclic amines) is 1. The van der Waals surface area contributed by atoms with Crippen LogP contribution in [-0.2, 0) is 22.5 Å². The van der Waals surface area contributed by atoms with Crippen LogP contribution in [0.3, 0.4) is 0 Å². The number of hydrogen-bond acceptors (Lipinski definition) is 4. The SMILES string of the molecule is COC(=O)c1ccc(CCC(=O)NC2CCN(Cc3ccc(Cl)c(Cl)c3)CC2)cc1. The van der Waals surface area contributed by atoms with Crippen molar-refractivity contribution in [3.05, 3.63) is 69.2 Å². The Morgan fingerprint density at radius 3 is 2.33 bits per heavy atom. The number of aryl methyl sites for hydroxylation is 1. The van der Waals surface area contributed by atoms with E-state index in [0.717, 1.165) is 43.6 Å². The third-order valence-electron chi connectivity index (χ3n) is 5.36. The van der Waals surface area contributed by atoms with Gasteiger partial charge < -0.3 is 10.1 Å². The Kier molecular flexibility index (Phi) is 8.14. The molecule has 3 rings (SSSR count). The number of nitrogens with one attached hydrogen (secondary N) is 1. The van der Waals surface area contributed by atoms with E-state index in [0.29, 0.717) is 28.5 Å². The highest BCUT2D eigenvalue weighted by Crippen LogP contribution is 2.24. The summed E-state index contributed by atoms with van der Waals surface area (Å²) in [6.45, 7) is 2.69. The Morgan fingerprint density at radius 1 is 1.03 bits per heavy atom. The monoisotopic (exact) mass is 448 g/mol. The van der Waals surface area contributed by atoms with E-state index in [2.05, 4.69) is 10.2 Å². The van der Waals surface area contributed by atoms with Crippen LogP contribution < -0.4 is 5.32 Å². The minimum atomic E-state index is -0.357. The summed E-state index contributed by atoms with van der Waals surface area (Å²) in [6.07, 6.45) is 2.94. The average molecular weight is 449 g/mol. The lowest BCUT2D eigenvalue weighted by Crippen LogP contribution is -2.44. The second kappa shape index (κ2) is 10.8. The topological polar surface area (TPSA) is 58.6 Å². The van der Waals surface area contributed by atoms with Gasteiger partial charge in [0.2, 0.25) is 5.91 Å². The molecule has 2 aromatic carbocycles. The molecule has 1 aliphatic rings. The van der Waals surface area contributed by atoms with Crippen molar-refractivity contribution in [1.29, 1.82) is 0 Å². The largest absolute Gasteiger partial charge is 0.465 e. The van der Waals surface area contributed by atoms with E-state index in [9.17, 15) is 9.59 Å². The molecular weight excluding hydrogens is 423 g/mol. The third-order valence-corrected chi connectivity index (χ3v) is 6.10. The molecule has 0 saturated carbocycles. The van der Waals surface area contributed by atoms with E-state index in [1.807, 2.05) is 30.3 Å². The highest BCUT2D eigenvalue weighted by molar-refractivity contribution is 6.42. The molecule has 160 valence electrons. The molecule has 5 nitrogen and oxygen atoms in total. The lowest BCUT2D eigenvalue weighted by Gasteiger charge is -2.32. The van der Waals surface area contributed by atoms with Crippen molar-refractivity contribution in [1.82, 2.24) is 10.2 Å². The predicted molar refractivity (Wildman–Crippen MR) is 119 cm³/mol. The summed E-state index contributed by atoms with van der Waals surface area (Å²) >= 11 is 12.1. The summed E-state index contributed by atoms with van der Waals surface area (Å²) in [7, 11) is 1.36. The van der Waals surface area contributed by atoms with Crippen molar-refractivity contribution >= 4 is 35.1 Å². The number of ether oxygens (including phenoxy) is 1. The van der Waals surface area contributed by atoms with Gasteiger partial charge in [-0.1, -0.05) is 41.4 Å². The fourth-order valence-corrected chi connectivity index (χ4v) is 3.94. The number of nitrogens with zero attached hydrogens (tertiary/aromatic N) is 1. The Bertz CT molecular complexity index is 879. The lowest BCUT2D eigenvalue weighted by atomic mass is 10.0. The lowest BCUT2D eigenvalue weighted by molar-refractivity contribution is -0.122. The first-order valence-corrected chi connectivity index (χ1v) is 10.8. The molecule has 0 spiro atoms. The molecule has 0 bridgehead atoms. The number of halogens is 2. The van der Waals surface area contributed by atoms with Crippen molar-refractivity contribution in [2.75, 3.05) is 20.2 Å². The maximum atomic E-state index is 12.3. The van der Waals surface area contributed by atoms with Crippen molar-refractivity contribution in [3.8, 4) is 0 Å². The first-order chi connectivity index (χ1) is 14.4. The summed E-state index contributed by atoms with van der Waals surface area (Å²) in [5.74, 6) is -0.292. The van der Waals surface area contributed by atoms with E-state index in [1.165, 1.54) is 7.11 Å². The summed E-state index contributed by atoms with van der Waals surface area (Å²) < 4.78 is 4.69. The van der Waals surface area contributed by atoms with E-state index >= 15 is 0 Å². The number of benzene rings is 2. The van der Waals surface area contributed by atoms with Gasteiger partial charge in [-0.15, -0.1) is 0 Å². The number of carbonyl (C=O) groups excluding carboxylic acids is 2. The fraction of sp³-hybridized carbons (Fsp3) is 0.391. The van der Waals surface area contributed by atoms with Crippen LogP contribution in [0.1, 0.15) is 40.7 Å². The second-order valence-electron chi connectivity index (χ2n) is 7.55. The molecular formula is C23H26Cl2N2O3. The zero-order valence-electron chi connectivity index (χ0n) is 17.0. The summed E-state index contributed by atoms with van der Waals surface area (Å²) in [4.78, 5) is 26.2. The maximum absolute atomic E-state index is 12.3. The molecule has 0 aromatic heterocycles. The van der Waals surface area contributed by atoms with Crippen LogP contribution in [0.15, 0.2) is 42.5 Å². The van der Waals surface area contributed by atoms with Crippen LogP contribution in [0.4, 0.5) is 0 Å². The van der Waals surface area contributed by atoms with Gasteiger partial charge in [-0.3, -0.25) is 9.69 Å². The molecule has 0 atom stereocenters. The van der Waals surface area contributed by atoms with E-state index in [1.54, 1.807) is 12.1 Å². The van der Waals surface area contributed by atoms with E-state index in [4.69, 9.17) is 27.9 Å². The van der Waals surface area contributed by atoms with E-state index in [-0.39, 0.29) is 17.9 Å². The number of amides is 1. The number of esters is 1. The minimum Gasteiger partial charge on any atom is -0.465 e. The molecule has 1 aliphatic heterocycles. The number of methoxy groups -OCH3 is 1. The molecule has 7 heteroatoms. The van der Waals surface area contributed by atoms with Gasteiger partial charge >= 0.3 is 5.97 Å². The van der Waals surface area contributed by atoms with Gasteiger partial charge in [0.25, 0.3) is 0 Å². The number of piperidine rings is 1. The van der Waals surface area contributed by atoms with Crippen LogP contribution in [0, 0.1) is 0 Å². The van der Waals surface area contributed by atoms with Crippen molar-refractivity contribution < 1.29 is 14.3 Å². The zero-order chi connectivity index (χ0) is 21.5. The number of rotatable bonds is 7. The van der Waals surface area contributed by atoms with Gasteiger partial charge in [0.15, 0.2) is 0 Å². The highest BCUT2D eigenvalue weighted by atomic mass is 35.5. The Labute approximate surface area is 187 Å². The Balaban J connectivity index is 1.38. The summed E-state index contributed by atoms with van der Waals surface area (Å²) in [5, 5.41) is 4.30. The highest BCUT2D eigenvalue weighted by Gasteiger charge is 2.21. The molecule has 30 heavy (non-hydrogen) atoms. The van der Waals surface area contributed by atoms with Gasteiger partial charge in [-0.25, -0.2) is 4.79 Å². The Morgan fingerprint density at radius 2 is 1.70 bits per heavy atom. The first kappa shape index (κ1) is 22.6. The molecule has 1 N–H and O–H groups in total. The van der Waals surface area contributed by atoms with Gasteiger partial charge in [0.1, 0.15) is 0 Å². The van der Waals surface area contributed by atoms with Crippen LogP contribution in [0.2, 0.25) is 10.0 Å². The molecule has 1 fully saturated rings. The molecule has 1 saturated heterocycles. The predicted octanol–water partition coefficient (Wildman–Crippen LogP) is 4.49. The molecule has 0 unspecified atom stereocenters. The molecule has 1 amide bonds. The smallest absolute Gasteiger partial charge is 0.337 e. The number of hydrogen-bond donors (Lipinski definition) is 1. The second-order valence-corrected chi connectivity index (χ2v) is 8.37.